The minimum atomic E-state index is -0.684. The third kappa shape index (κ3) is 5.10. The number of hydrogen-bond acceptors (Lipinski definition) is 6. The molecule has 1 aromatic heterocycles. The van der Waals surface area contributed by atoms with Crippen LogP contribution >= 0.6 is 0 Å². The van der Waals surface area contributed by atoms with Gasteiger partial charge in [0.15, 0.2) is 0 Å². The van der Waals surface area contributed by atoms with Crippen molar-refractivity contribution in [2.24, 2.45) is 0 Å². The van der Waals surface area contributed by atoms with Gasteiger partial charge in [-0.1, -0.05) is 6.07 Å². The molecular weight excluding hydrogens is 402 g/mol. The van der Waals surface area contributed by atoms with E-state index in [0.29, 0.717) is 32.1 Å². The second kappa shape index (κ2) is 9.13. The lowest BCUT2D eigenvalue weighted by atomic mass is 10.1. The van der Waals surface area contributed by atoms with Crippen LogP contribution in [0.25, 0.3) is 0 Å². The fraction of sp³-hybridized carbons (Fsp3) is 0.500. The molecule has 31 heavy (non-hydrogen) atoms. The van der Waals surface area contributed by atoms with Gasteiger partial charge in [-0.3, -0.25) is 4.79 Å². The number of anilines is 2. The minimum Gasteiger partial charge on any atom is -0.354 e. The van der Waals surface area contributed by atoms with E-state index in [1.807, 2.05) is 13.0 Å². The molecule has 1 aromatic carbocycles. The van der Waals surface area contributed by atoms with E-state index >= 15 is 0 Å². The van der Waals surface area contributed by atoms with Gasteiger partial charge < -0.3 is 19.6 Å². The topological polar surface area (TPSA) is 55.8 Å². The molecule has 1 amide bonds. The predicted molar refractivity (Wildman–Crippen MR) is 115 cm³/mol. The molecule has 3 heterocycles. The highest BCUT2D eigenvalue weighted by Gasteiger charge is 2.25. The van der Waals surface area contributed by atoms with Crippen LogP contribution in [0.2, 0.25) is 0 Å². The first-order chi connectivity index (χ1) is 14.9. The fourth-order valence-electron chi connectivity index (χ4n) is 3.97. The average molecular weight is 431 g/mol. The molecule has 4 rings (SSSR count). The molecule has 0 radical (unpaired) electrons. The van der Waals surface area contributed by atoms with Gasteiger partial charge in [0.1, 0.15) is 17.5 Å². The Labute approximate surface area is 181 Å². The van der Waals surface area contributed by atoms with E-state index in [9.17, 15) is 13.6 Å². The Morgan fingerprint density at radius 2 is 1.61 bits per heavy atom. The van der Waals surface area contributed by atoms with Crippen LogP contribution < -0.4 is 9.80 Å². The number of benzene rings is 1. The van der Waals surface area contributed by atoms with Crippen LogP contribution in [0.15, 0.2) is 24.3 Å². The van der Waals surface area contributed by atoms with Crippen molar-refractivity contribution in [2.75, 3.05) is 69.2 Å². The summed E-state index contributed by atoms with van der Waals surface area (Å²) in [6.07, 6.45) is -0.0688. The minimum absolute atomic E-state index is 0.0688. The highest BCUT2D eigenvalue weighted by atomic mass is 19.1. The normalized spacial score (nSPS) is 17.9. The van der Waals surface area contributed by atoms with Crippen LogP contribution in [0.1, 0.15) is 11.3 Å². The molecule has 2 fully saturated rings. The van der Waals surface area contributed by atoms with Gasteiger partial charge in [0.2, 0.25) is 11.9 Å². The molecule has 0 N–H and O–H groups in total. The summed E-state index contributed by atoms with van der Waals surface area (Å²) in [6.45, 7) is 8.13. The molecule has 0 bridgehead atoms. The Hall–Kier alpha value is -2.81. The first-order valence-corrected chi connectivity index (χ1v) is 10.6. The number of aromatic nitrogens is 2. The maximum absolute atomic E-state index is 13.9. The summed E-state index contributed by atoms with van der Waals surface area (Å²) in [6, 6.07) is 5.34. The Morgan fingerprint density at radius 3 is 2.29 bits per heavy atom. The zero-order valence-electron chi connectivity index (χ0n) is 18.0. The Morgan fingerprint density at radius 1 is 0.935 bits per heavy atom. The molecule has 0 saturated carbocycles. The van der Waals surface area contributed by atoms with Crippen LogP contribution in [0.4, 0.5) is 20.5 Å². The van der Waals surface area contributed by atoms with Gasteiger partial charge in [-0.05, 0) is 25.6 Å². The largest absolute Gasteiger partial charge is 0.354 e. The number of nitrogens with zero attached hydrogens (tertiary/aromatic N) is 6. The predicted octanol–water partition coefficient (Wildman–Crippen LogP) is 1.71. The van der Waals surface area contributed by atoms with Crippen LogP contribution in [-0.2, 0) is 11.2 Å². The Bertz CT molecular complexity index is 940. The third-order valence-electron chi connectivity index (χ3n) is 5.93. The second-order valence-electron chi connectivity index (χ2n) is 8.24. The molecule has 166 valence electrons. The lowest BCUT2D eigenvalue weighted by Crippen LogP contribution is -2.50. The van der Waals surface area contributed by atoms with Crippen LogP contribution in [0.5, 0.6) is 0 Å². The van der Waals surface area contributed by atoms with E-state index in [1.165, 1.54) is 12.1 Å². The molecular formula is C22H28F2N6O. The number of hydrogen-bond donors (Lipinski definition) is 0. The maximum Gasteiger partial charge on any atom is 0.227 e. The quantitative estimate of drug-likeness (QED) is 0.736. The van der Waals surface area contributed by atoms with E-state index < -0.39 is 11.6 Å². The number of carbonyl (C=O) groups excluding carboxylic acids is 1. The highest BCUT2D eigenvalue weighted by molar-refractivity contribution is 5.79. The van der Waals surface area contributed by atoms with Gasteiger partial charge in [0.05, 0.1) is 6.42 Å². The summed E-state index contributed by atoms with van der Waals surface area (Å²) in [5.74, 6) is 0.146. The van der Waals surface area contributed by atoms with Crippen molar-refractivity contribution < 1.29 is 13.6 Å². The molecule has 2 saturated heterocycles. The summed E-state index contributed by atoms with van der Waals surface area (Å²) >= 11 is 0. The molecule has 7 nitrogen and oxygen atoms in total. The van der Waals surface area contributed by atoms with E-state index in [1.54, 1.807) is 4.90 Å². The zero-order chi connectivity index (χ0) is 22.0. The molecule has 2 aliphatic heterocycles. The van der Waals surface area contributed by atoms with Crippen LogP contribution in [-0.4, -0.2) is 85.1 Å². The summed E-state index contributed by atoms with van der Waals surface area (Å²) in [4.78, 5) is 30.4. The van der Waals surface area contributed by atoms with Gasteiger partial charge in [0.25, 0.3) is 0 Å². The SMILES string of the molecule is Cc1cc(N2CCN(C)CC2)nc(N2CCN(C(=O)Cc3ccc(F)cc3F)CC2)n1. The van der Waals surface area contributed by atoms with Crippen molar-refractivity contribution >= 4 is 17.7 Å². The van der Waals surface area contributed by atoms with E-state index in [2.05, 4.69) is 26.7 Å². The van der Waals surface area contributed by atoms with E-state index in [0.717, 1.165) is 43.8 Å². The number of likely N-dealkylation sites (N-methyl/N-ethyl adjacent to an activating group) is 1. The van der Waals surface area contributed by atoms with Crippen molar-refractivity contribution in [1.29, 1.82) is 0 Å². The lowest BCUT2D eigenvalue weighted by molar-refractivity contribution is -0.130. The zero-order valence-corrected chi connectivity index (χ0v) is 18.0. The molecule has 0 aliphatic carbocycles. The number of amides is 1. The number of piperazine rings is 2. The number of carbonyl (C=O) groups is 1. The van der Waals surface area contributed by atoms with E-state index in [4.69, 9.17) is 4.98 Å². The Balaban J connectivity index is 1.37. The van der Waals surface area contributed by atoms with E-state index in [-0.39, 0.29) is 17.9 Å². The van der Waals surface area contributed by atoms with Crippen LogP contribution in [0, 0.1) is 18.6 Å². The summed E-state index contributed by atoms with van der Waals surface area (Å²) in [5, 5.41) is 0. The van der Waals surface area contributed by atoms with Gasteiger partial charge in [-0.15, -0.1) is 0 Å². The van der Waals surface area contributed by atoms with Crippen molar-refractivity contribution in [1.82, 2.24) is 19.8 Å². The van der Waals surface area contributed by atoms with Crippen molar-refractivity contribution in [3.63, 3.8) is 0 Å². The molecule has 9 heteroatoms. The van der Waals surface area contributed by atoms with Gasteiger partial charge in [-0.2, -0.15) is 4.98 Å². The molecule has 0 atom stereocenters. The molecule has 2 aliphatic rings. The monoisotopic (exact) mass is 430 g/mol. The molecule has 0 unspecified atom stereocenters. The first-order valence-electron chi connectivity index (χ1n) is 10.6. The molecule has 0 spiro atoms. The van der Waals surface area contributed by atoms with Gasteiger partial charge >= 0.3 is 0 Å². The maximum atomic E-state index is 13.9. The fourth-order valence-corrected chi connectivity index (χ4v) is 3.97. The summed E-state index contributed by atoms with van der Waals surface area (Å²) in [5.41, 5.74) is 1.14. The highest BCUT2D eigenvalue weighted by Crippen LogP contribution is 2.20. The number of rotatable bonds is 4. The third-order valence-corrected chi connectivity index (χ3v) is 5.93. The Kier molecular flexibility index (Phi) is 6.31. The summed E-state index contributed by atoms with van der Waals surface area (Å²) in [7, 11) is 2.12. The van der Waals surface area contributed by atoms with Crippen molar-refractivity contribution in [2.45, 2.75) is 13.3 Å². The lowest BCUT2D eigenvalue weighted by Gasteiger charge is -2.36. The number of aryl methyl sites for hydroxylation is 1. The summed E-state index contributed by atoms with van der Waals surface area (Å²) < 4.78 is 26.9. The number of halogens is 2. The smallest absolute Gasteiger partial charge is 0.227 e. The first kappa shape index (κ1) is 21.4. The average Bonchev–Trinajstić information content (AvgIpc) is 2.76. The van der Waals surface area contributed by atoms with Gasteiger partial charge in [-0.25, -0.2) is 13.8 Å². The molecule has 2 aromatic rings. The van der Waals surface area contributed by atoms with Crippen molar-refractivity contribution in [3.05, 3.63) is 47.2 Å². The van der Waals surface area contributed by atoms with Gasteiger partial charge in [0, 0.05) is 70.2 Å². The standard InChI is InChI=1S/C22H28F2N6O/c1-16-13-20(28-7-5-27(2)6-8-28)26-22(25-16)30-11-9-29(10-12-30)21(31)14-17-3-4-18(23)15-19(17)24/h3-4,13,15H,5-12,14H2,1-2H3. The second-order valence-corrected chi connectivity index (χ2v) is 8.24. The van der Waals surface area contributed by atoms with Crippen LogP contribution in [0.3, 0.4) is 0 Å². The van der Waals surface area contributed by atoms with Crippen molar-refractivity contribution in [3.8, 4) is 0 Å².